The molecule has 254 valence electrons. The molecule has 0 atom stereocenters. The Morgan fingerprint density at radius 3 is 1.55 bits per heavy atom. The number of fused-ring (bicyclic) bond motifs is 6. The lowest BCUT2D eigenvalue weighted by molar-refractivity contribution is 0.668. The Hall–Kier alpha value is -6.53. The molecule has 0 radical (unpaired) electrons. The van der Waals surface area contributed by atoms with Crippen molar-refractivity contribution in [2.45, 2.75) is 0 Å². The van der Waals surface area contributed by atoms with Gasteiger partial charge in [0.25, 0.3) is 0 Å². The van der Waals surface area contributed by atoms with Crippen LogP contribution >= 0.6 is 0 Å². The first-order valence-corrected chi connectivity index (χ1v) is 18.7. The van der Waals surface area contributed by atoms with Gasteiger partial charge in [0.05, 0.1) is 5.56 Å². The van der Waals surface area contributed by atoms with Crippen molar-refractivity contribution in [3.63, 3.8) is 0 Å². The average Bonchev–Trinajstić information content (AvgIpc) is 3.81. The van der Waals surface area contributed by atoms with Gasteiger partial charge in [-0.05, 0) is 41.0 Å². The molecule has 0 unspecified atom stereocenters. The van der Waals surface area contributed by atoms with Crippen LogP contribution in [0.1, 0.15) is 0 Å². The summed E-state index contributed by atoms with van der Waals surface area (Å²) < 4.78 is 13.1. The summed E-state index contributed by atoms with van der Waals surface area (Å²) in [6.07, 6.45) is 0. The zero-order valence-electron chi connectivity index (χ0n) is 31.4. The summed E-state index contributed by atoms with van der Waals surface area (Å²) in [5, 5.41) is 4.24. The highest BCUT2D eigenvalue weighted by Crippen LogP contribution is 2.40. The number of hydrogen-bond acceptors (Lipinski definition) is 5. The summed E-state index contributed by atoms with van der Waals surface area (Å²) >= 11 is 0. The van der Waals surface area contributed by atoms with Gasteiger partial charge in [0, 0.05) is 38.2 Å². The molecule has 10 heteroatoms. The molecule has 10 aromatic rings. The average molecular weight is 701 g/mol. The SMILES string of the molecule is Bc1c(B)c(B)c(-c2ccc(-c3nc(-c4ccccc4)nc(-c4cccc5c4oc4cc(-c6cccc7c6oc6ccccc67)ccc45)n3)cc2)c(B)c1B. The molecule has 0 bridgehead atoms. The molecule has 0 fully saturated rings. The van der Waals surface area contributed by atoms with Crippen LogP contribution in [0.25, 0.3) is 100 Å². The van der Waals surface area contributed by atoms with E-state index in [1.807, 2.05) is 60.7 Å². The van der Waals surface area contributed by atoms with E-state index in [1.165, 1.54) is 38.4 Å². The van der Waals surface area contributed by atoms with E-state index < -0.39 is 0 Å². The van der Waals surface area contributed by atoms with E-state index in [4.69, 9.17) is 23.8 Å². The highest BCUT2D eigenvalue weighted by atomic mass is 16.3. The monoisotopic (exact) mass is 701 g/mol. The van der Waals surface area contributed by atoms with Gasteiger partial charge in [0.1, 0.15) is 61.6 Å². The Morgan fingerprint density at radius 1 is 0.345 bits per heavy atom. The summed E-state index contributed by atoms with van der Waals surface area (Å²) in [5.74, 6) is 1.77. The van der Waals surface area contributed by atoms with Crippen LogP contribution in [0.15, 0.2) is 142 Å². The molecule has 55 heavy (non-hydrogen) atoms. The molecule has 5 nitrogen and oxygen atoms in total. The first-order chi connectivity index (χ1) is 26.8. The maximum Gasteiger partial charge on any atom is 0.167 e. The van der Waals surface area contributed by atoms with Crippen molar-refractivity contribution in [1.29, 1.82) is 0 Å². The van der Waals surface area contributed by atoms with E-state index in [9.17, 15) is 0 Å². The first-order valence-electron chi connectivity index (χ1n) is 18.7. The summed E-state index contributed by atoms with van der Waals surface area (Å²) in [7, 11) is 11.1. The second-order valence-electron chi connectivity index (χ2n) is 14.5. The molecular weight excluding hydrogens is 669 g/mol. The third-order valence-electron chi connectivity index (χ3n) is 11.6. The second-order valence-corrected chi connectivity index (χ2v) is 14.5. The van der Waals surface area contributed by atoms with Gasteiger partial charge < -0.3 is 8.83 Å². The van der Waals surface area contributed by atoms with Gasteiger partial charge in [-0.3, -0.25) is 0 Å². The molecule has 0 spiro atoms. The number of rotatable bonds is 5. The van der Waals surface area contributed by atoms with Crippen LogP contribution < -0.4 is 27.3 Å². The Labute approximate surface area is 322 Å². The maximum atomic E-state index is 6.75. The molecular formula is C45H32B5N3O2. The molecule has 10 rings (SSSR count). The minimum absolute atomic E-state index is 0.557. The van der Waals surface area contributed by atoms with Gasteiger partial charge >= 0.3 is 0 Å². The van der Waals surface area contributed by atoms with Crippen molar-refractivity contribution in [1.82, 2.24) is 15.0 Å². The lowest BCUT2D eigenvalue weighted by Crippen LogP contribution is -2.55. The van der Waals surface area contributed by atoms with Gasteiger partial charge in [0.15, 0.2) is 17.5 Å². The van der Waals surface area contributed by atoms with Crippen LogP contribution in [0, 0.1) is 0 Å². The number of nitrogens with zero attached hydrogens (tertiary/aromatic N) is 3. The van der Waals surface area contributed by atoms with Crippen LogP contribution in [0.3, 0.4) is 0 Å². The number of furan rings is 2. The van der Waals surface area contributed by atoms with E-state index in [0.29, 0.717) is 17.5 Å². The standard InChI is InChI=1S/C45H32B5N3O2/c46-36-35(37(47)39(49)40(50)38(36)48)23-16-18-25(19-17-23)44-51-43(24-8-2-1-3-9-24)52-45(53-44)32-14-7-13-31-29-21-20-26(22-34(29)55-42(31)32)27-11-6-12-30-28-10-4-5-15-33(28)54-41(27)30/h1-22H,46-50H2. The summed E-state index contributed by atoms with van der Waals surface area (Å²) in [6, 6.07) is 45.8. The van der Waals surface area contributed by atoms with E-state index in [2.05, 4.69) is 112 Å². The molecule has 3 aromatic heterocycles. The van der Waals surface area contributed by atoms with Gasteiger partial charge in [-0.2, -0.15) is 0 Å². The number of para-hydroxylation sites is 3. The van der Waals surface area contributed by atoms with Crippen molar-refractivity contribution in [3.05, 3.63) is 133 Å². The predicted octanol–water partition coefficient (Wildman–Crippen LogP) is 3.30. The number of hydrogen-bond donors (Lipinski definition) is 0. The molecule has 0 saturated heterocycles. The highest BCUT2D eigenvalue weighted by Gasteiger charge is 2.20. The Morgan fingerprint density at radius 2 is 0.836 bits per heavy atom. The molecule has 0 N–H and O–H groups in total. The zero-order chi connectivity index (χ0) is 37.4. The van der Waals surface area contributed by atoms with E-state index in [1.54, 1.807) is 0 Å². The van der Waals surface area contributed by atoms with Crippen LogP contribution in [-0.2, 0) is 0 Å². The van der Waals surface area contributed by atoms with E-state index >= 15 is 0 Å². The normalized spacial score (nSPS) is 11.6. The van der Waals surface area contributed by atoms with Crippen molar-refractivity contribution in [2.75, 3.05) is 0 Å². The van der Waals surface area contributed by atoms with Crippen molar-refractivity contribution in [3.8, 4) is 56.4 Å². The van der Waals surface area contributed by atoms with E-state index in [-0.39, 0.29) is 0 Å². The number of aromatic nitrogens is 3. The maximum absolute atomic E-state index is 6.75. The topological polar surface area (TPSA) is 65.0 Å². The molecule has 0 amide bonds. The summed E-state index contributed by atoms with van der Waals surface area (Å²) in [6.45, 7) is 0. The van der Waals surface area contributed by atoms with Crippen LogP contribution in [0.5, 0.6) is 0 Å². The summed E-state index contributed by atoms with van der Waals surface area (Å²) in [4.78, 5) is 15.2. The molecule has 7 aromatic carbocycles. The van der Waals surface area contributed by atoms with Crippen molar-refractivity contribution >= 4 is 110 Å². The Bertz CT molecular complexity index is 3130. The van der Waals surface area contributed by atoms with E-state index in [0.717, 1.165) is 71.7 Å². The molecule has 0 aliphatic carbocycles. The Kier molecular flexibility index (Phi) is 7.70. The third kappa shape index (κ3) is 5.35. The van der Waals surface area contributed by atoms with Gasteiger partial charge in [-0.1, -0.05) is 120 Å². The molecule has 0 aliphatic heterocycles. The fourth-order valence-electron chi connectivity index (χ4n) is 8.18. The lowest BCUT2D eigenvalue weighted by Gasteiger charge is -2.20. The molecule has 3 heterocycles. The molecule has 0 aliphatic rings. The fraction of sp³-hybridized carbons (Fsp3) is 0. The minimum atomic E-state index is 0.557. The number of benzene rings is 7. The quantitative estimate of drug-likeness (QED) is 0.258. The van der Waals surface area contributed by atoms with Crippen molar-refractivity contribution < 1.29 is 8.83 Å². The fourth-order valence-corrected chi connectivity index (χ4v) is 8.18. The van der Waals surface area contributed by atoms with Crippen LogP contribution in [0.4, 0.5) is 0 Å². The van der Waals surface area contributed by atoms with Gasteiger partial charge in [-0.15, -0.1) is 16.4 Å². The first kappa shape index (κ1) is 33.1. The lowest BCUT2D eigenvalue weighted by atomic mass is 9.59. The Balaban J connectivity index is 1.10. The summed E-state index contributed by atoms with van der Waals surface area (Å²) in [5.41, 5.74) is 17.1. The van der Waals surface area contributed by atoms with Gasteiger partial charge in [-0.25, -0.2) is 15.0 Å². The third-order valence-corrected chi connectivity index (χ3v) is 11.6. The van der Waals surface area contributed by atoms with Gasteiger partial charge in [0.2, 0.25) is 0 Å². The highest BCUT2D eigenvalue weighted by molar-refractivity contribution is 6.68. The molecule has 0 saturated carbocycles. The van der Waals surface area contributed by atoms with Crippen molar-refractivity contribution in [2.24, 2.45) is 0 Å². The smallest absolute Gasteiger partial charge is 0.167 e. The minimum Gasteiger partial charge on any atom is -0.455 e. The van der Waals surface area contributed by atoms with Crippen LogP contribution in [-0.4, -0.2) is 54.2 Å². The van der Waals surface area contributed by atoms with Crippen LogP contribution in [0.2, 0.25) is 0 Å². The predicted molar refractivity (Wildman–Crippen MR) is 242 cm³/mol. The largest absolute Gasteiger partial charge is 0.455 e. The zero-order valence-corrected chi connectivity index (χ0v) is 31.4. The second kappa shape index (κ2) is 12.8.